The summed E-state index contributed by atoms with van der Waals surface area (Å²) in [5.41, 5.74) is 4.17. The molecule has 54 heavy (non-hydrogen) atoms. The zero-order valence-corrected chi connectivity index (χ0v) is 32.3. The van der Waals surface area contributed by atoms with E-state index in [1.807, 2.05) is 48.5 Å². The van der Waals surface area contributed by atoms with Crippen molar-refractivity contribution in [1.29, 1.82) is 0 Å². The van der Waals surface area contributed by atoms with Crippen LogP contribution < -0.4 is 9.80 Å². The second kappa shape index (κ2) is 15.3. The summed E-state index contributed by atoms with van der Waals surface area (Å²) < 4.78 is 0. The van der Waals surface area contributed by atoms with Gasteiger partial charge in [0.1, 0.15) is 0 Å². The highest BCUT2D eigenvalue weighted by atomic mass is 32.1. The molecule has 4 aromatic carbocycles. The number of aryl methyl sites for hydroxylation is 2. The molecule has 8 heteroatoms. The van der Waals surface area contributed by atoms with Crippen LogP contribution in [0.5, 0.6) is 0 Å². The third kappa shape index (κ3) is 6.52. The summed E-state index contributed by atoms with van der Waals surface area (Å²) in [6, 6.07) is 30.1. The van der Waals surface area contributed by atoms with Gasteiger partial charge in [-0.15, -0.1) is 22.7 Å². The summed E-state index contributed by atoms with van der Waals surface area (Å²) >= 11 is 3.56. The molecule has 272 valence electrons. The molecule has 0 N–H and O–H groups in total. The smallest absolute Gasteiger partial charge is 0.265 e. The predicted octanol–water partition coefficient (Wildman–Crippen LogP) is 12.1. The van der Waals surface area contributed by atoms with Crippen molar-refractivity contribution in [2.75, 3.05) is 9.80 Å². The summed E-state index contributed by atoms with van der Waals surface area (Å²) in [5.74, 6) is -1.93. The maximum Gasteiger partial charge on any atom is 0.265 e. The lowest BCUT2D eigenvalue weighted by atomic mass is 9.85. The van der Waals surface area contributed by atoms with Crippen LogP contribution in [0.15, 0.2) is 97.1 Å². The number of rotatable bonds is 14. The molecule has 6 nitrogen and oxygen atoms in total. The van der Waals surface area contributed by atoms with E-state index in [2.05, 4.69) is 38.1 Å². The number of benzene rings is 4. The van der Waals surface area contributed by atoms with E-state index in [0.29, 0.717) is 44.4 Å². The van der Waals surface area contributed by atoms with Gasteiger partial charge in [-0.3, -0.25) is 19.2 Å². The van der Waals surface area contributed by atoms with Gasteiger partial charge in [0.25, 0.3) is 23.6 Å². The molecule has 0 atom stereocenters. The largest absolute Gasteiger partial charge is 0.268 e. The zero-order valence-electron chi connectivity index (χ0n) is 30.7. The van der Waals surface area contributed by atoms with Gasteiger partial charge in [0.05, 0.1) is 11.4 Å². The van der Waals surface area contributed by atoms with E-state index in [9.17, 15) is 19.2 Å². The Morgan fingerprint density at radius 1 is 0.407 bits per heavy atom. The number of amides is 4. The number of unbranched alkanes of at least 4 members (excludes halogenated alkanes) is 6. The number of anilines is 2. The molecule has 0 bridgehead atoms. The number of hydrogen-bond acceptors (Lipinski definition) is 6. The van der Waals surface area contributed by atoms with Crippen molar-refractivity contribution in [1.82, 2.24) is 0 Å². The van der Waals surface area contributed by atoms with Gasteiger partial charge in [0.2, 0.25) is 0 Å². The van der Waals surface area contributed by atoms with Crippen LogP contribution in [0.3, 0.4) is 0 Å². The Labute approximate surface area is 324 Å². The monoisotopic (exact) mass is 750 g/mol. The molecule has 4 heterocycles. The molecular formula is C46H42N2O4S2. The van der Waals surface area contributed by atoms with Crippen LogP contribution in [-0.2, 0) is 12.8 Å². The zero-order chi connectivity index (χ0) is 37.3. The van der Waals surface area contributed by atoms with Gasteiger partial charge in [-0.1, -0.05) is 76.6 Å². The molecule has 6 aromatic rings. The third-order valence-corrected chi connectivity index (χ3v) is 13.0. The highest BCUT2D eigenvalue weighted by Crippen LogP contribution is 2.41. The quantitative estimate of drug-likeness (QED) is 0.0820. The maximum atomic E-state index is 14.1. The minimum Gasteiger partial charge on any atom is -0.268 e. The molecule has 0 spiro atoms. The van der Waals surface area contributed by atoms with Gasteiger partial charge in [0, 0.05) is 52.5 Å². The summed E-state index contributed by atoms with van der Waals surface area (Å²) in [7, 11) is 0. The van der Waals surface area contributed by atoms with Crippen molar-refractivity contribution < 1.29 is 19.2 Å². The molecular weight excluding hydrogens is 709 g/mol. The van der Waals surface area contributed by atoms with Gasteiger partial charge >= 0.3 is 0 Å². The van der Waals surface area contributed by atoms with Gasteiger partial charge in [-0.05, 0) is 110 Å². The van der Waals surface area contributed by atoms with Crippen molar-refractivity contribution >= 4 is 68.4 Å². The maximum absolute atomic E-state index is 14.1. The molecule has 8 rings (SSSR count). The number of hydrogen-bond donors (Lipinski definition) is 0. The van der Waals surface area contributed by atoms with E-state index in [1.54, 1.807) is 46.9 Å². The van der Waals surface area contributed by atoms with Gasteiger partial charge < -0.3 is 0 Å². The first-order valence-corrected chi connectivity index (χ1v) is 20.8. The molecule has 2 aliphatic heterocycles. The fourth-order valence-corrected chi connectivity index (χ4v) is 9.79. The first kappa shape index (κ1) is 35.8. The highest BCUT2D eigenvalue weighted by Gasteiger charge is 2.40. The van der Waals surface area contributed by atoms with Crippen LogP contribution >= 0.6 is 22.7 Å². The molecule has 0 fully saturated rings. The van der Waals surface area contributed by atoms with E-state index in [1.165, 1.54) is 70.9 Å². The molecule has 2 aromatic heterocycles. The first-order valence-electron chi connectivity index (χ1n) is 19.1. The van der Waals surface area contributed by atoms with Crippen molar-refractivity contribution in [3.05, 3.63) is 129 Å². The average molecular weight is 751 g/mol. The fraction of sp³-hybridized carbons (Fsp3) is 0.261. The Hall–Kier alpha value is -5.18. The first-order chi connectivity index (χ1) is 26.4. The van der Waals surface area contributed by atoms with Crippen LogP contribution in [0.2, 0.25) is 0 Å². The predicted molar refractivity (Wildman–Crippen MR) is 221 cm³/mol. The Morgan fingerprint density at radius 2 is 0.759 bits per heavy atom. The number of carbonyl (C=O) groups is 4. The van der Waals surface area contributed by atoms with Gasteiger partial charge in [0.15, 0.2) is 0 Å². The lowest BCUT2D eigenvalue weighted by Crippen LogP contribution is -2.43. The highest BCUT2D eigenvalue weighted by molar-refractivity contribution is 7.15. The Bertz CT molecular complexity index is 2160. The van der Waals surface area contributed by atoms with Crippen molar-refractivity contribution in [3.63, 3.8) is 0 Å². The van der Waals surface area contributed by atoms with Crippen LogP contribution in [-0.4, -0.2) is 23.6 Å². The van der Waals surface area contributed by atoms with E-state index in [-0.39, 0.29) is 0 Å². The Balaban J connectivity index is 1.03. The van der Waals surface area contributed by atoms with E-state index < -0.39 is 23.6 Å². The van der Waals surface area contributed by atoms with Crippen LogP contribution in [0, 0.1) is 0 Å². The standard InChI is InChI=1S/C46H42N2O4S2/c1-3-5-7-9-11-33-21-27-39(53-33)29-13-17-31(18-14-29)47-43(49)35-23-25-37-42-38(26-24-36(41(35)42)44(47)50)46(52)48(45(37)51)32-19-15-30(16-20-32)40-28-22-34(54-40)12-10-8-6-4-2/h13-28H,3-12H2,1-2H3. The SMILES string of the molecule is CCCCCCc1ccc(-c2ccc(N3C(=O)c4ccc5c6c(ccc(c46)C3=O)C(=O)N(c3ccc(-c4ccc(CCCCCC)s4)cc3)C5=O)cc2)s1. The Morgan fingerprint density at radius 3 is 1.09 bits per heavy atom. The minimum absolute atomic E-state index is 0.291. The second-order valence-corrected chi connectivity index (χ2v) is 16.5. The molecule has 4 amide bonds. The summed E-state index contributed by atoms with van der Waals surface area (Å²) in [6.07, 6.45) is 12.0. The van der Waals surface area contributed by atoms with Gasteiger partial charge in [-0.25, -0.2) is 9.80 Å². The van der Waals surface area contributed by atoms with Crippen molar-refractivity contribution in [3.8, 4) is 20.9 Å². The lowest BCUT2D eigenvalue weighted by Gasteiger charge is -2.32. The third-order valence-electron chi connectivity index (χ3n) is 10.6. The summed E-state index contributed by atoms with van der Waals surface area (Å²) in [6.45, 7) is 4.44. The average Bonchev–Trinajstić information content (AvgIpc) is 3.88. The molecule has 0 saturated heterocycles. The summed E-state index contributed by atoms with van der Waals surface area (Å²) in [5, 5.41) is 0.718. The molecule has 0 unspecified atom stereocenters. The van der Waals surface area contributed by atoms with Crippen LogP contribution in [0.1, 0.15) is 116 Å². The van der Waals surface area contributed by atoms with Crippen molar-refractivity contribution in [2.45, 2.75) is 78.1 Å². The molecule has 0 saturated carbocycles. The van der Waals surface area contributed by atoms with Gasteiger partial charge in [-0.2, -0.15) is 0 Å². The van der Waals surface area contributed by atoms with Crippen molar-refractivity contribution in [2.24, 2.45) is 0 Å². The van der Waals surface area contributed by atoms with E-state index in [0.717, 1.165) is 33.7 Å². The number of thiophene rings is 2. The summed E-state index contributed by atoms with van der Waals surface area (Å²) in [4.78, 5) is 63.6. The number of nitrogens with zero attached hydrogens (tertiary/aromatic N) is 2. The van der Waals surface area contributed by atoms with E-state index in [4.69, 9.17) is 0 Å². The van der Waals surface area contributed by atoms with Crippen LogP contribution in [0.25, 0.3) is 31.7 Å². The number of imide groups is 2. The second-order valence-electron chi connectivity index (χ2n) is 14.2. The lowest BCUT2D eigenvalue weighted by molar-refractivity contribution is 0.0873. The molecule has 2 aliphatic rings. The molecule has 0 radical (unpaired) electrons. The Kier molecular flexibility index (Phi) is 10.1. The minimum atomic E-state index is -0.481. The fourth-order valence-electron chi connectivity index (χ4n) is 7.68. The topological polar surface area (TPSA) is 74.8 Å². The van der Waals surface area contributed by atoms with E-state index >= 15 is 0 Å². The normalized spacial score (nSPS) is 13.8. The van der Waals surface area contributed by atoms with Crippen LogP contribution in [0.4, 0.5) is 11.4 Å². The molecule has 0 aliphatic carbocycles. The number of carbonyl (C=O) groups excluding carboxylic acids is 4.